The van der Waals surface area contributed by atoms with Crippen LogP contribution in [-0.2, 0) is 0 Å². The third-order valence-corrected chi connectivity index (χ3v) is 2.87. The van der Waals surface area contributed by atoms with Gasteiger partial charge in [0.15, 0.2) is 0 Å². The number of amides is 1. The summed E-state index contributed by atoms with van der Waals surface area (Å²) in [5, 5.41) is 2.61. The molecule has 0 saturated carbocycles. The average Bonchev–Trinajstić information content (AvgIpc) is 2.78. The third kappa shape index (κ3) is 1.89. The monoisotopic (exact) mass is 218 g/mol. The maximum Gasteiger partial charge on any atom is 0.263 e. The largest absolute Gasteiger partial charge is 0.354 e. The standard InChI is InChI=1S/C11H10N2OS/c1-12-11(14)10-9(13-7-15-10)8-5-3-2-4-6-8/h2-7H,1H3,(H,12,14). The number of hydrogen-bond donors (Lipinski definition) is 1. The van der Waals surface area contributed by atoms with Crippen molar-refractivity contribution in [3.05, 3.63) is 40.7 Å². The van der Waals surface area contributed by atoms with Crippen LogP contribution in [0.25, 0.3) is 11.3 Å². The van der Waals surface area contributed by atoms with Gasteiger partial charge >= 0.3 is 0 Å². The number of benzene rings is 1. The first-order chi connectivity index (χ1) is 7.33. The SMILES string of the molecule is CNC(=O)c1scnc1-c1ccccc1. The van der Waals surface area contributed by atoms with E-state index in [0.717, 1.165) is 11.3 Å². The summed E-state index contributed by atoms with van der Waals surface area (Å²) in [5.74, 6) is -0.0867. The van der Waals surface area contributed by atoms with Crippen molar-refractivity contribution in [1.29, 1.82) is 0 Å². The Kier molecular flexibility index (Phi) is 2.78. The molecule has 0 aliphatic rings. The Morgan fingerprint density at radius 3 is 2.73 bits per heavy atom. The van der Waals surface area contributed by atoms with Gasteiger partial charge in [-0.3, -0.25) is 4.79 Å². The first kappa shape index (κ1) is 9.86. The van der Waals surface area contributed by atoms with Gasteiger partial charge in [-0.15, -0.1) is 11.3 Å². The molecule has 0 fully saturated rings. The molecule has 0 spiro atoms. The van der Waals surface area contributed by atoms with Crippen molar-refractivity contribution in [3.63, 3.8) is 0 Å². The van der Waals surface area contributed by atoms with Crippen molar-refractivity contribution < 1.29 is 4.79 Å². The van der Waals surface area contributed by atoms with Crippen LogP contribution in [0.5, 0.6) is 0 Å². The molecule has 1 aromatic carbocycles. The fraction of sp³-hybridized carbons (Fsp3) is 0.0909. The second-order valence-electron chi connectivity index (χ2n) is 2.98. The van der Waals surface area contributed by atoms with Crippen LogP contribution in [0.15, 0.2) is 35.8 Å². The summed E-state index contributed by atoms with van der Waals surface area (Å²) in [6, 6.07) is 9.70. The van der Waals surface area contributed by atoms with E-state index in [-0.39, 0.29) is 5.91 Å². The number of hydrogen-bond acceptors (Lipinski definition) is 3. The third-order valence-electron chi connectivity index (χ3n) is 2.05. The van der Waals surface area contributed by atoms with E-state index in [4.69, 9.17) is 0 Å². The molecule has 76 valence electrons. The van der Waals surface area contributed by atoms with Gasteiger partial charge < -0.3 is 5.32 Å². The number of rotatable bonds is 2. The van der Waals surface area contributed by atoms with E-state index >= 15 is 0 Å². The van der Waals surface area contributed by atoms with E-state index in [2.05, 4.69) is 10.3 Å². The lowest BCUT2D eigenvalue weighted by Gasteiger charge is -2.00. The number of carbonyl (C=O) groups excluding carboxylic acids is 1. The Morgan fingerprint density at radius 2 is 2.07 bits per heavy atom. The van der Waals surface area contributed by atoms with Crippen molar-refractivity contribution >= 4 is 17.2 Å². The van der Waals surface area contributed by atoms with Crippen LogP contribution in [0.1, 0.15) is 9.67 Å². The summed E-state index contributed by atoms with van der Waals surface area (Å²) in [6.07, 6.45) is 0. The minimum atomic E-state index is -0.0867. The number of nitrogens with one attached hydrogen (secondary N) is 1. The molecule has 3 nitrogen and oxygen atoms in total. The van der Waals surface area contributed by atoms with E-state index in [1.165, 1.54) is 11.3 Å². The van der Waals surface area contributed by atoms with Crippen LogP contribution >= 0.6 is 11.3 Å². The summed E-state index contributed by atoms with van der Waals surface area (Å²) in [4.78, 5) is 16.4. The highest BCUT2D eigenvalue weighted by molar-refractivity contribution is 7.12. The molecule has 0 bridgehead atoms. The maximum atomic E-state index is 11.5. The second-order valence-corrected chi connectivity index (χ2v) is 3.83. The van der Waals surface area contributed by atoms with Crippen molar-refractivity contribution in [2.75, 3.05) is 7.05 Å². The fourth-order valence-electron chi connectivity index (χ4n) is 1.32. The molecule has 1 heterocycles. The Morgan fingerprint density at radius 1 is 1.33 bits per heavy atom. The van der Waals surface area contributed by atoms with Gasteiger partial charge in [0.1, 0.15) is 4.88 Å². The van der Waals surface area contributed by atoms with Crippen molar-refractivity contribution in [1.82, 2.24) is 10.3 Å². The first-order valence-electron chi connectivity index (χ1n) is 4.54. The van der Waals surface area contributed by atoms with Crippen LogP contribution in [-0.4, -0.2) is 17.9 Å². The van der Waals surface area contributed by atoms with E-state index in [1.807, 2.05) is 30.3 Å². The number of nitrogens with zero attached hydrogens (tertiary/aromatic N) is 1. The summed E-state index contributed by atoms with van der Waals surface area (Å²) >= 11 is 1.35. The molecule has 1 N–H and O–H groups in total. The van der Waals surface area contributed by atoms with Gasteiger partial charge in [0.05, 0.1) is 11.2 Å². The van der Waals surface area contributed by atoms with Crippen LogP contribution in [0, 0.1) is 0 Å². The van der Waals surface area contributed by atoms with E-state index in [1.54, 1.807) is 12.6 Å². The lowest BCUT2D eigenvalue weighted by molar-refractivity contribution is 0.0967. The van der Waals surface area contributed by atoms with Crippen molar-refractivity contribution in [2.24, 2.45) is 0 Å². The predicted octanol–water partition coefficient (Wildman–Crippen LogP) is 2.17. The average molecular weight is 218 g/mol. The molecule has 0 aliphatic carbocycles. The van der Waals surface area contributed by atoms with E-state index in [0.29, 0.717) is 4.88 Å². The molecular weight excluding hydrogens is 208 g/mol. The van der Waals surface area contributed by atoms with Gasteiger partial charge in [-0.25, -0.2) is 4.98 Å². The maximum absolute atomic E-state index is 11.5. The summed E-state index contributed by atoms with van der Waals surface area (Å²) in [5.41, 5.74) is 3.41. The Balaban J connectivity index is 2.46. The first-order valence-corrected chi connectivity index (χ1v) is 5.42. The molecule has 0 radical (unpaired) electrons. The highest BCUT2D eigenvalue weighted by atomic mass is 32.1. The van der Waals surface area contributed by atoms with Crippen LogP contribution in [0.3, 0.4) is 0 Å². The normalized spacial score (nSPS) is 9.93. The topological polar surface area (TPSA) is 42.0 Å². The predicted molar refractivity (Wildman–Crippen MR) is 60.9 cm³/mol. The number of thiazole rings is 1. The van der Waals surface area contributed by atoms with Crippen LogP contribution in [0.4, 0.5) is 0 Å². The summed E-state index contributed by atoms with van der Waals surface area (Å²) in [7, 11) is 1.62. The molecule has 15 heavy (non-hydrogen) atoms. The molecule has 2 rings (SSSR count). The van der Waals surface area contributed by atoms with Gasteiger partial charge in [-0.2, -0.15) is 0 Å². The number of aromatic nitrogens is 1. The highest BCUT2D eigenvalue weighted by Gasteiger charge is 2.14. The lowest BCUT2D eigenvalue weighted by atomic mass is 10.1. The van der Waals surface area contributed by atoms with Gasteiger partial charge in [-0.1, -0.05) is 30.3 Å². The van der Waals surface area contributed by atoms with Crippen molar-refractivity contribution in [3.8, 4) is 11.3 Å². The minimum Gasteiger partial charge on any atom is -0.354 e. The molecule has 4 heteroatoms. The molecule has 2 aromatic rings. The smallest absolute Gasteiger partial charge is 0.263 e. The fourth-order valence-corrected chi connectivity index (χ4v) is 2.08. The Hall–Kier alpha value is -1.68. The molecule has 1 amide bonds. The van der Waals surface area contributed by atoms with Crippen LogP contribution < -0.4 is 5.32 Å². The Labute approximate surface area is 91.8 Å². The second kappa shape index (κ2) is 4.23. The van der Waals surface area contributed by atoms with Gasteiger partial charge in [0.25, 0.3) is 5.91 Å². The highest BCUT2D eigenvalue weighted by Crippen LogP contribution is 2.24. The van der Waals surface area contributed by atoms with E-state index in [9.17, 15) is 4.79 Å². The molecule has 0 saturated heterocycles. The number of carbonyl (C=O) groups is 1. The van der Waals surface area contributed by atoms with Gasteiger partial charge in [0, 0.05) is 12.6 Å². The van der Waals surface area contributed by atoms with Gasteiger partial charge in [0.2, 0.25) is 0 Å². The minimum absolute atomic E-state index is 0.0867. The lowest BCUT2D eigenvalue weighted by Crippen LogP contribution is -2.17. The van der Waals surface area contributed by atoms with Gasteiger partial charge in [-0.05, 0) is 0 Å². The summed E-state index contributed by atoms with van der Waals surface area (Å²) < 4.78 is 0. The molecule has 0 atom stereocenters. The zero-order valence-corrected chi connectivity index (χ0v) is 9.04. The molecule has 0 aliphatic heterocycles. The van der Waals surface area contributed by atoms with Crippen LogP contribution in [0.2, 0.25) is 0 Å². The zero-order chi connectivity index (χ0) is 10.7. The zero-order valence-electron chi connectivity index (χ0n) is 8.23. The molecule has 0 unspecified atom stereocenters. The summed E-state index contributed by atoms with van der Waals surface area (Å²) in [6.45, 7) is 0. The van der Waals surface area contributed by atoms with E-state index < -0.39 is 0 Å². The molecule has 1 aromatic heterocycles. The Bertz CT molecular complexity index is 464. The quantitative estimate of drug-likeness (QED) is 0.839. The van der Waals surface area contributed by atoms with Crippen molar-refractivity contribution in [2.45, 2.75) is 0 Å². The molecular formula is C11H10N2OS.